The Balaban J connectivity index is 1.77. The van der Waals surface area contributed by atoms with E-state index < -0.39 is 0 Å². The highest BCUT2D eigenvalue weighted by molar-refractivity contribution is 6.32. The summed E-state index contributed by atoms with van der Waals surface area (Å²) < 4.78 is 6.19. The molecule has 0 spiro atoms. The van der Waals surface area contributed by atoms with Crippen LogP contribution in [0.4, 0.5) is 11.6 Å². The van der Waals surface area contributed by atoms with Crippen LogP contribution in [0.2, 0.25) is 5.02 Å². The van der Waals surface area contributed by atoms with Crippen LogP contribution in [0.1, 0.15) is 59.9 Å². The zero-order chi connectivity index (χ0) is 26.0. The number of hydrogen-bond donors (Lipinski definition) is 3. The molecule has 0 aliphatic heterocycles. The second-order valence-corrected chi connectivity index (χ2v) is 9.28. The first-order valence-electron chi connectivity index (χ1n) is 12.0. The van der Waals surface area contributed by atoms with Gasteiger partial charge in [0.05, 0.1) is 18.2 Å². The molecule has 4 N–H and O–H groups in total. The summed E-state index contributed by atoms with van der Waals surface area (Å²) >= 11 is 6.72. The maximum atomic E-state index is 12.0. The van der Waals surface area contributed by atoms with Crippen LogP contribution in [0.15, 0.2) is 37.3 Å². The number of benzene rings is 1. The number of nitrogen functional groups attached to an aromatic ring is 1. The molecule has 8 nitrogen and oxygen atoms in total. The van der Waals surface area contributed by atoms with Crippen LogP contribution < -0.4 is 21.1 Å². The molecule has 2 aromatic heterocycles. The van der Waals surface area contributed by atoms with Crippen LogP contribution in [0.25, 0.3) is 16.7 Å². The van der Waals surface area contributed by atoms with E-state index in [-0.39, 0.29) is 11.9 Å². The zero-order valence-corrected chi connectivity index (χ0v) is 21.7. The number of carbonyl (C=O) groups excluding carboxylic acids is 1. The fraction of sp³-hybridized carbons (Fsp3) is 0.333. The van der Waals surface area contributed by atoms with Gasteiger partial charge in [0.15, 0.2) is 0 Å². The molecule has 1 amide bonds. The molecule has 3 aromatic rings. The molecule has 1 saturated carbocycles. The number of pyridine rings is 1. The summed E-state index contributed by atoms with van der Waals surface area (Å²) in [6.45, 7) is 10.6. The quantitative estimate of drug-likeness (QED) is 0.354. The van der Waals surface area contributed by atoms with Gasteiger partial charge in [-0.2, -0.15) is 0 Å². The van der Waals surface area contributed by atoms with E-state index in [9.17, 15) is 4.79 Å². The summed E-state index contributed by atoms with van der Waals surface area (Å²) in [4.78, 5) is 25.0. The van der Waals surface area contributed by atoms with Gasteiger partial charge in [-0.25, -0.2) is 9.97 Å². The molecule has 0 saturated heterocycles. The standard InChI is InChI=1S/C27H31ClN6O2/c1-6-36-24-19(16(4)34-26-23(14(2)17-7-8-17)25(29)32-13-33-26)11-20(28)15(3)22(24)18-9-10-21(31-12-18)27(35)30-5/h9-13,16-17H,2,6-8H2,1,3-5H3,(H,30,35)(H3,29,32,33,34). The summed E-state index contributed by atoms with van der Waals surface area (Å²) in [6, 6.07) is 5.21. The molecule has 1 aliphatic rings. The van der Waals surface area contributed by atoms with Gasteiger partial charge in [-0.1, -0.05) is 24.2 Å². The maximum absolute atomic E-state index is 12.0. The summed E-state index contributed by atoms with van der Waals surface area (Å²) in [5.41, 5.74) is 11.6. The van der Waals surface area contributed by atoms with Crippen molar-refractivity contribution in [3.8, 4) is 16.9 Å². The van der Waals surface area contributed by atoms with Crippen molar-refractivity contribution in [3.63, 3.8) is 0 Å². The summed E-state index contributed by atoms with van der Waals surface area (Å²) in [7, 11) is 1.57. The predicted octanol–water partition coefficient (Wildman–Crippen LogP) is 5.44. The largest absolute Gasteiger partial charge is 0.493 e. The van der Waals surface area contributed by atoms with Crippen LogP contribution in [-0.4, -0.2) is 34.5 Å². The van der Waals surface area contributed by atoms with E-state index in [0.717, 1.165) is 46.2 Å². The first kappa shape index (κ1) is 25.4. The van der Waals surface area contributed by atoms with Crippen LogP contribution in [0, 0.1) is 12.8 Å². The zero-order valence-electron chi connectivity index (χ0n) is 21.0. The molecule has 4 rings (SSSR count). The Labute approximate surface area is 216 Å². The molecule has 1 atom stereocenters. The molecular formula is C27H31ClN6O2. The van der Waals surface area contributed by atoms with E-state index in [0.29, 0.717) is 40.6 Å². The number of hydrogen-bond acceptors (Lipinski definition) is 7. The van der Waals surface area contributed by atoms with Crippen molar-refractivity contribution in [2.75, 3.05) is 24.7 Å². The summed E-state index contributed by atoms with van der Waals surface area (Å²) in [6.07, 6.45) is 5.31. The van der Waals surface area contributed by atoms with Crippen LogP contribution in [0.3, 0.4) is 0 Å². The highest BCUT2D eigenvalue weighted by Crippen LogP contribution is 2.46. The van der Waals surface area contributed by atoms with Gasteiger partial charge in [0.1, 0.15) is 29.4 Å². The Morgan fingerprint density at radius 1 is 1.31 bits per heavy atom. The topological polar surface area (TPSA) is 115 Å². The van der Waals surface area contributed by atoms with E-state index >= 15 is 0 Å². The van der Waals surface area contributed by atoms with Gasteiger partial charge in [-0.05, 0) is 62.8 Å². The lowest BCUT2D eigenvalue weighted by Crippen LogP contribution is -2.19. The third kappa shape index (κ3) is 4.99. The Hall–Kier alpha value is -3.65. The van der Waals surface area contributed by atoms with Gasteiger partial charge < -0.3 is 21.1 Å². The van der Waals surface area contributed by atoms with E-state index in [4.69, 9.17) is 22.1 Å². The number of aromatic nitrogens is 3. The number of nitrogens with one attached hydrogen (secondary N) is 2. The Morgan fingerprint density at radius 2 is 2.06 bits per heavy atom. The fourth-order valence-corrected chi connectivity index (χ4v) is 4.47. The number of ether oxygens (including phenoxy) is 1. The molecule has 1 unspecified atom stereocenters. The molecule has 1 aliphatic carbocycles. The normalized spacial score (nSPS) is 13.7. The second-order valence-electron chi connectivity index (χ2n) is 8.87. The third-order valence-corrected chi connectivity index (χ3v) is 6.79. The number of nitrogens with zero attached hydrogens (tertiary/aromatic N) is 3. The van der Waals surface area contributed by atoms with E-state index in [1.54, 1.807) is 19.3 Å². The average molecular weight is 507 g/mol. The minimum atomic E-state index is -0.249. The SMILES string of the molecule is C=C(c1c(N)ncnc1NC(C)c1cc(Cl)c(C)c(-c2ccc(C(=O)NC)nc2)c1OCC)C1CC1. The van der Waals surface area contributed by atoms with Crippen molar-refractivity contribution in [2.24, 2.45) is 5.92 Å². The average Bonchev–Trinajstić information content (AvgIpc) is 3.71. The minimum absolute atomic E-state index is 0.235. The van der Waals surface area contributed by atoms with Crippen molar-refractivity contribution >= 4 is 34.7 Å². The Kier molecular flexibility index (Phi) is 7.45. The number of rotatable bonds is 9. The van der Waals surface area contributed by atoms with Crippen molar-refractivity contribution in [2.45, 2.75) is 39.7 Å². The van der Waals surface area contributed by atoms with E-state index in [1.165, 1.54) is 6.33 Å². The van der Waals surface area contributed by atoms with Gasteiger partial charge in [0, 0.05) is 35.0 Å². The molecular weight excluding hydrogens is 476 g/mol. The van der Waals surface area contributed by atoms with Crippen LogP contribution in [0.5, 0.6) is 5.75 Å². The number of amides is 1. The Morgan fingerprint density at radius 3 is 2.67 bits per heavy atom. The molecule has 2 heterocycles. The second kappa shape index (κ2) is 10.5. The molecule has 1 fully saturated rings. The van der Waals surface area contributed by atoms with Gasteiger partial charge in [-0.15, -0.1) is 0 Å². The Bertz CT molecular complexity index is 1300. The third-order valence-electron chi connectivity index (χ3n) is 6.39. The first-order valence-corrected chi connectivity index (χ1v) is 12.3. The monoisotopic (exact) mass is 506 g/mol. The lowest BCUT2D eigenvalue weighted by molar-refractivity contribution is 0.0958. The summed E-state index contributed by atoms with van der Waals surface area (Å²) in [5.74, 6) is 1.90. The fourth-order valence-electron chi connectivity index (χ4n) is 4.26. The van der Waals surface area contributed by atoms with Crippen LogP contribution >= 0.6 is 11.6 Å². The molecule has 9 heteroatoms. The minimum Gasteiger partial charge on any atom is -0.493 e. The van der Waals surface area contributed by atoms with Crippen molar-refractivity contribution in [1.82, 2.24) is 20.3 Å². The lowest BCUT2D eigenvalue weighted by atomic mass is 9.94. The molecule has 188 valence electrons. The molecule has 1 aromatic carbocycles. The number of halogens is 1. The summed E-state index contributed by atoms with van der Waals surface area (Å²) in [5, 5.41) is 6.67. The van der Waals surface area contributed by atoms with Crippen molar-refractivity contribution in [3.05, 3.63) is 64.7 Å². The lowest BCUT2D eigenvalue weighted by Gasteiger charge is -2.24. The van der Waals surface area contributed by atoms with E-state index in [1.807, 2.05) is 32.9 Å². The maximum Gasteiger partial charge on any atom is 0.269 e. The number of allylic oxidation sites excluding steroid dienone is 1. The smallest absolute Gasteiger partial charge is 0.269 e. The van der Waals surface area contributed by atoms with Crippen molar-refractivity contribution < 1.29 is 9.53 Å². The highest BCUT2D eigenvalue weighted by atomic mass is 35.5. The highest BCUT2D eigenvalue weighted by Gasteiger charge is 2.30. The van der Waals surface area contributed by atoms with Gasteiger partial charge >= 0.3 is 0 Å². The number of anilines is 2. The van der Waals surface area contributed by atoms with Gasteiger partial charge in [0.25, 0.3) is 5.91 Å². The predicted molar refractivity (Wildman–Crippen MR) is 144 cm³/mol. The number of nitrogens with two attached hydrogens (primary N) is 1. The number of carbonyl (C=O) groups is 1. The van der Waals surface area contributed by atoms with Gasteiger partial charge in [-0.3, -0.25) is 9.78 Å². The molecule has 0 radical (unpaired) electrons. The van der Waals surface area contributed by atoms with Crippen LogP contribution in [-0.2, 0) is 0 Å². The first-order chi connectivity index (χ1) is 17.3. The molecule has 0 bridgehead atoms. The van der Waals surface area contributed by atoms with E-state index in [2.05, 4.69) is 32.2 Å². The molecule has 36 heavy (non-hydrogen) atoms. The van der Waals surface area contributed by atoms with Gasteiger partial charge in [0.2, 0.25) is 0 Å². The van der Waals surface area contributed by atoms with Crippen molar-refractivity contribution in [1.29, 1.82) is 0 Å².